The largest absolute Gasteiger partial charge is 0.329 e. The quantitative estimate of drug-likeness (QED) is 0.745. The van der Waals surface area contributed by atoms with Gasteiger partial charge in [-0.3, -0.25) is 0 Å². The number of nitrogens with one attached hydrogen (secondary N) is 1. The number of nitrogens with zero attached hydrogens (tertiary/aromatic N) is 1. The summed E-state index contributed by atoms with van der Waals surface area (Å²) in [5.74, 6) is 0. The van der Waals surface area contributed by atoms with Crippen LogP contribution in [0.3, 0.4) is 0 Å². The molecule has 1 aliphatic rings. The molecule has 0 amide bonds. The Kier molecular flexibility index (Phi) is 5.37. The Morgan fingerprint density at radius 3 is 2.29 bits per heavy atom. The van der Waals surface area contributed by atoms with E-state index < -0.39 is 10.2 Å². The van der Waals surface area contributed by atoms with E-state index >= 15 is 0 Å². The molecule has 1 saturated carbocycles. The molecule has 17 heavy (non-hydrogen) atoms. The van der Waals surface area contributed by atoms with Crippen molar-refractivity contribution in [2.45, 2.75) is 51.0 Å². The molecule has 1 rings (SSSR count). The lowest BCUT2D eigenvalue weighted by atomic mass is 9.81. The second kappa shape index (κ2) is 6.13. The lowest BCUT2D eigenvalue weighted by Crippen LogP contribution is -2.59. The normalized spacial score (nSPS) is 20.7. The molecule has 0 aromatic heterocycles. The first-order valence-electron chi connectivity index (χ1n) is 6.44. The first kappa shape index (κ1) is 14.9. The molecule has 0 saturated heterocycles. The summed E-state index contributed by atoms with van der Waals surface area (Å²) in [6, 6.07) is 0. The van der Waals surface area contributed by atoms with Crippen LogP contribution in [0.15, 0.2) is 0 Å². The number of rotatable bonds is 6. The van der Waals surface area contributed by atoms with Crippen LogP contribution in [0.5, 0.6) is 0 Å². The number of nitrogens with two attached hydrogens (primary N) is 1. The van der Waals surface area contributed by atoms with Crippen LogP contribution in [0.25, 0.3) is 0 Å². The molecular formula is C11H25N3O2S. The van der Waals surface area contributed by atoms with E-state index in [-0.39, 0.29) is 5.54 Å². The average Bonchev–Trinajstić information content (AvgIpc) is 2.36. The van der Waals surface area contributed by atoms with Gasteiger partial charge in [0.15, 0.2) is 0 Å². The topological polar surface area (TPSA) is 75.4 Å². The molecule has 1 aliphatic carbocycles. The van der Waals surface area contributed by atoms with Crippen molar-refractivity contribution >= 4 is 10.2 Å². The summed E-state index contributed by atoms with van der Waals surface area (Å²) >= 11 is 0. The first-order valence-corrected chi connectivity index (χ1v) is 7.88. The molecule has 0 heterocycles. The van der Waals surface area contributed by atoms with E-state index in [1.807, 2.05) is 6.92 Å². The third-order valence-electron chi connectivity index (χ3n) is 3.67. The van der Waals surface area contributed by atoms with Crippen molar-refractivity contribution in [3.8, 4) is 0 Å². The zero-order valence-electron chi connectivity index (χ0n) is 10.9. The van der Waals surface area contributed by atoms with E-state index in [4.69, 9.17) is 5.73 Å². The minimum atomic E-state index is -3.39. The maximum absolute atomic E-state index is 12.1. The standard InChI is InChI=1S/C11H25N3O2S/c1-3-9-14(17(15,16)13-2)11(10-12)7-5-4-6-8-11/h13H,3-10,12H2,1-2H3. The van der Waals surface area contributed by atoms with Gasteiger partial charge in [-0.2, -0.15) is 12.7 Å². The maximum Gasteiger partial charge on any atom is 0.279 e. The molecule has 0 bridgehead atoms. The predicted octanol–water partition coefficient (Wildman–Crippen LogP) is 0.824. The van der Waals surface area contributed by atoms with Crippen LogP contribution in [0.1, 0.15) is 45.4 Å². The molecule has 0 unspecified atom stereocenters. The molecule has 0 aromatic carbocycles. The predicted molar refractivity (Wildman–Crippen MR) is 69.8 cm³/mol. The lowest BCUT2D eigenvalue weighted by Gasteiger charge is -2.44. The summed E-state index contributed by atoms with van der Waals surface area (Å²) in [4.78, 5) is 0. The fourth-order valence-electron chi connectivity index (χ4n) is 2.69. The molecule has 6 heteroatoms. The summed E-state index contributed by atoms with van der Waals surface area (Å²) in [6.45, 7) is 2.94. The second-order valence-electron chi connectivity index (χ2n) is 4.77. The molecule has 3 N–H and O–H groups in total. The molecule has 0 spiro atoms. The smallest absolute Gasteiger partial charge is 0.279 e. The summed E-state index contributed by atoms with van der Waals surface area (Å²) in [5, 5.41) is 0. The Balaban J connectivity index is 3.01. The number of hydrogen-bond acceptors (Lipinski definition) is 3. The van der Waals surface area contributed by atoms with Crippen LogP contribution in [-0.4, -0.2) is 38.4 Å². The fourth-order valence-corrected chi connectivity index (χ4v) is 4.10. The lowest BCUT2D eigenvalue weighted by molar-refractivity contribution is 0.134. The third-order valence-corrected chi connectivity index (χ3v) is 5.33. The zero-order chi connectivity index (χ0) is 12.9. The summed E-state index contributed by atoms with van der Waals surface area (Å²) in [7, 11) is -1.93. The van der Waals surface area contributed by atoms with Gasteiger partial charge < -0.3 is 5.73 Å². The van der Waals surface area contributed by atoms with Gasteiger partial charge in [0.2, 0.25) is 0 Å². The van der Waals surface area contributed by atoms with Gasteiger partial charge >= 0.3 is 0 Å². The molecule has 0 aromatic rings. The second-order valence-corrected chi connectivity index (χ2v) is 6.57. The summed E-state index contributed by atoms with van der Waals surface area (Å²) < 4.78 is 28.2. The Morgan fingerprint density at radius 1 is 1.29 bits per heavy atom. The van der Waals surface area contributed by atoms with Crippen molar-refractivity contribution in [1.29, 1.82) is 0 Å². The van der Waals surface area contributed by atoms with E-state index in [0.717, 1.165) is 32.1 Å². The van der Waals surface area contributed by atoms with Gasteiger partial charge in [0, 0.05) is 25.7 Å². The van der Waals surface area contributed by atoms with Gasteiger partial charge in [0.05, 0.1) is 0 Å². The minimum Gasteiger partial charge on any atom is -0.329 e. The fraction of sp³-hybridized carbons (Fsp3) is 1.00. The molecule has 0 aliphatic heterocycles. The molecule has 1 fully saturated rings. The molecule has 5 nitrogen and oxygen atoms in total. The average molecular weight is 263 g/mol. The third kappa shape index (κ3) is 3.19. The van der Waals surface area contributed by atoms with Gasteiger partial charge in [0.1, 0.15) is 0 Å². The molecule has 0 radical (unpaired) electrons. The highest BCUT2D eigenvalue weighted by molar-refractivity contribution is 7.87. The van der Waals surface area contributed by atoms with Gasteiger partial charge in [-0.1, -0.05) is 26.2 Å². The highest BCUT2D eigenvalue weighted by Crippen LogP contribution is 2.34. The van der Waals surface area contributed by atoms with Gasteiger partial charge in [0.25, 0.3) is 10.2 Å². The van der Waals surface area contributed by atoms with Crippen molar-refractivity contribution in [3.63, 3.8) is 0 Å². The van der Waals surface area contributed by atoms with E-state index in [1.165, 1.54) is 13.5 Å². The van der Waals surface area contributed by atoms with E-state index in [9.17, 15) is 8.42 Å². The van der Waals surface area contributed by atoms with Gasteiger partial charge in [-0.05, 0) is 19.3 Å². The molecular weight excluding hydrogens is 238 g/mol. The first-order chi connectivity index (χ1) is 8.02. The SMILES string of the molecule is CCCN(C1(CN)CCCCC1)S(=O)(=O)NC. The summed E-state index contributed by atoms with van der Waals surface area (Å²) in [6.07, 6.45) is 5.88. The van der Waals surface area contributed by atoms with Crippen LogP contribution in [-0.2, 0) is 10.2 Å². The highest BCUT2D eigenvalue weighted by Gasteiger charge is 2.42. The van der Waals surface area contributed by atoms with E-state index in [1.54, 1.807) is 4.31 Å². The zero-order valence-corrected chi connectivity index (χ0v) is 11.7. The highest BCUT2D eigenvalue weighted by atomic mass is 32.2. The van der Waals surface area contributed by atoms with Gasteiger partial charge in [-0.25, -0.2) is 4.72 Å². The van der Waals surface area contributed by atoms with Crippen molar-refractivity contribution in [3.05, 3.63) is 0 Å². The van der Waals surface area contributed by atoms with Crippen molar-refractivity contribution in [2.24, 2.45) is 5.73 Å². The van der Waals surface area contributed by atoms with Crippen LogP contribution in [0.4, 0.5) is 0 Å². The Labute approximate surface area is 105 Å². The van der Waals surface area contributed by atoms with E-state index in [2.05, 4.69) is 4.72 Å². The van der Waals surface area contributed by atoms with Crippen LogP contribution in [0, 0.1) is 0 Å². The number of hydrogen-bond donors (Lipinski definition) is 2. The van der Waals surface area contributed by atoms with E-state index in [0.29, 0.717) is 13.1 Å². The van der Waals surface area contributed by atoms with Crippen LogP contribution < -0.4 is 10.5 Å². The van der Waals surface area contributed by atoms with Crippen molar-refractivity contribution < 1.29 is 8.42 Å². The Morgan fingerprint density at radius 2 is 1.88 bits per heavy atom. The minimum absolute atomic E-state index is 0.365. The molecule has 102 valence electrons. The van der Waals surface area contributed by atoms with Crippen LogP contribution in [0.2, 0.25) is 0 Å². The van der Waals surface area contributed by atoms with Crippen LogP contribution >= 0.6 is 0 Å². The Bertz CT molecular complexity index is 324. The van der Waals surface area contributed by atoms with Gasteiger partial charge in [-0.15, -0.1) is 0 Å². The maximum atomic E-state index is 12.1. The molecule has 0 atom stereocenters. The van der Waals surface area contributed by atoms with Crippen molar-refractivity contribution in [2.75, 3.05) is 20.1 Å². The summed E-state index contributed by atoms with van der Waals surface area (Å²) in [5.41, 5.74) is 5.52. The monoisotopic (exact) mass is 263 g/mol. The van der Waals surface area contributed by atoms with Crippen molar-refractivity contribution in [1.82, 2.24) is 9.03 Å². The Hall–Kier alpha value is -0.170.